The van der Waals surface area contributed by atoms with Crippen LogP contribution in [-0.2, 0) is 14.3 Å². The van der Waals surface area contributed by atoms with Crippen LogP contribution in [0.25, 0.3) is 0 Å². The number of hydrogen-bond acceptors (Lipinski definition) is 4. The predicted molar refractivity (Wildman–Crippen MR) is 105 cm³/mol. The lowest BCUT2D eigenvalue weighted by molar-refractivity contribution is -0.132. The van der Waals surface area contributed by atoms with E-state index in [1.165, 1.54) is 0 Å². The Kier molecular flexibility index (Phi) is 8.79. The molecule has 0 unspecified atom stereocenters. The van der Waals surface area contributed by atoms with Gasteiger partial charge in [-0.25, -0.2) is 4.79 Å². The van der Waals surface area contributed by atoms with Crippen LogP contribution in [0.1, 0.15) is 60.8 Å². The first-order chi connectivity index (χ1) is 12.5. The summed E-state index contributed by atoms with van der Waals surface area (Å²) >= 11 is 0. The van der Waals surface area contributed by atoms with E-state index in [-0.39, 0.29) is 30.8 Å². The van der Waals surface area contributed by atoms with E-state index in [1.54, 1.807) is 31.7 Å². The highest BCUT2D eigenvalue weighted by Gasteiger charge is 2.23. The average Bonchev–Trinajstić information content (AvgIpc) is 2.53. The molecule has 7 nitrogen and oxygen atoms in total. The van der Waals surface area contributed by atoms with E-state index in [0.29, 0.717) is 19.0 Å². The zero-order chi connectivity index (χ0) is 20.6. The number of allylic oxidation sites excluding steroid dienone is 1. The number of hydrogen-bond donors (Lipinski definition) is 2. The Hall–Kier alpha value is -2.05. The van der Waals surface area contributed by atoms with Gasteiger partial charge in [-0.1, -0.05) is 19.4 Å². The summed E-state index contributed by atoms with van der Waals surface area (Å²) in [6, 6.07) is 0.0950. The van der Waals surface area contributed by atoms with Gasteiger partial charge in [0.2, 0.25) is 11.8 Å². The molecule has 0 saturated carbocycles. The Balaban J connectivity index is 2.29. The Morgan fingerprint density at radius 2 is 1.78 bits per heavy atom. The molecule has 2 N–H and O–H groups in total. The van der Waals surface area contributed by atoms with E-state index in [1.807, 2.05) is 6.92 Å². The largest absolute Gasteiger partial charge is 0.444 e. The lowest BCUT2D eigenvalue weighted by atomic mass is 10.0. The molecule has 0 radical (unpaired) electrons. The molecular formula is C20H35N3O4. The molecule has 7 heteroatoms. The van der Waals surface area contributed by atoms with Gasteiger partial charge in [0.05, 0.1) is 0 Å². The van der Waals surface area contributed by atoms with E-state index < -0.39 is 11.7 Å². The molecule has 0 aromatic heterocycles. The molecule has 154 valence electrons. The fourth-order valence-electron chi connectivity index (χ4n) is 2.63. The Morgan fingerprint density at radius 1 is 1.19 bits per heavy atom. The smallest absolute Gasteiger partial charge is 0.407 e. The van der Waals surface area contributed by atoms with Gasteiger partial charge in [0.1, 0.15) is 5.60 Å². The second-order valence-electron chi connectivity index (χ2n) is 8.39. The summed E-state index contributed by atoms with van der Waals surface area (Å²) in [6.07, 6.45) is 2.87. The summed E-state index contributed by atoms with van der Waals surface area (Å²) in [4.78, 5) is 37.6. The number of piperidine rings is 1. The molecule has 3 amide bonds. The van der Waals surface area contributed by atoms with Gasteiger partial charge < -0.3 is 20.3 Å². The van der Waals surface area contributed by atoms with Crippen LogP contribution in [0, 0.1) is 5.92 Å². The van der Waals surface area contributed by atoms with Crippen LogP contribution >= 0.6 is 0 Å². The highest BCUT2D eigenvalue weighted by molar-refractivity contribution is 5.88. The van der Waals surface area contributed by atoms with Crippen molar-refractivity contribution in [2.45, 2.75) is 72.4 Å². The van der Waals surface area contributed by atoms with Crippen molar-refractivity contribution in [2.75, 3.05) is 19.6 Å². The monoisotopic (exact) mass is 381 g/mol. The van der Waals surface area contributed by atoms with E-state index in [0.717, 1.165) is 18.4 Å². The highest BCUT2D eigenvalue weighted by atomic mass is 16.6. The van der Waals surface area contributed by atoms with Gasteiger partial charge in [0, 0.05) is 38.2 Å². The molecule has 0 aromatic carbocycles. The van der Waals surface area contributed by atoms with Crippen LogP contribution in [0.15, 0.2) is 11.6 Å². The fraction of sp³-hybridized carbons (Fsp3) is 0.750. The number of rotatable bonds is 6. The molecule has 27 heavy (non-hydrogen) atoms. The van der Waals surface area contributed by atoms with Crippen LogP contribution < -0.4 is 10.6 Å². The van der Waals surface area contributed by atoms with Crippen molar-refractivity contribution in [3.8, 4) is 0 Å². The SMILES string of the molecule is C/C(=C\C(=O)NC1CCN(C(=O)CCNC(=O)OC(C)(C)C)CC1)C(C)C. The van der Waals surface area contributed by atoms with Crippen molar-refractivity contribution in [1.82, 2.24) is 15.5 Å². The summed E-state index contributed by atoms with van der Waals surface area (Å²) in [5, 5.41) is 5.62. The molecule has 1 saturated heterocycles. The van der Waals surface area contributed by atoms with Crippen LogP contribution in [0.5, 0.6) is 0 Å². The minimum Gasteiger partial charge on any atom is -0.444 e. The number of nitrogens with zero attached hydrogens (tertiary/aromatic N) is 1. The Bertz CT molecular complexity index is 556. The van der Waals surface area contributed by atoms with Crippen LogP contribution in [0.2, 0.25) is 0 Å². The normalized spacial score (nSPS) is 16.3. The third-order valence-electron chi connectivity index (χ3n) is 4.47. The standard InChI is InChI=1S/C20H35N3O4/c1-14(2)15(3)13-17(24)22-16-8-11-23(12-9-16)18(25)7-10-21-19(26)27-20(4,5)6/h13-14,16H,7-12H2,1-6H3,(H,21,26)(H,22,24)/b15-13+. The molecule has 1 aliphatic heterocycles. The number of ether oxygens (including phenoxy) is 1. The zero-order valence-corrected chi connectivity index (χ0v) is 17.6. The van der Waals surface area contributed by atoms with Crippen molar-refractivity contribution in [2.24, 2.45) is 5.92 Å². The molecule has 0 aliphatic carbocycles. The number of alkyl carbamates (subject to hydrolysis) is 1. The minimum absolute atomic E-state index is 0.00591. The molecular weight excluding hydrogens is 346 g/mol. The number of carbonyl (C=O) groups excluding carboxylic acids is 3. The van der Waals surface area contributed by atoms with Crippen molar-refractivity contribution < 1.29 is 19.1 Å². The third kappa shape index (κ3) is 9.45. The van der Waals surface area contributed by atoms with Crippen LogP contribution in [0.3, 0.4) is 0 Å². The average molecular weight is 382 g/mol. The maximum Gasteiger partial charge on any atom is 0.407 e. The lowest BCUT2D eigenvalue weighted by Gasteiger charge is -2.32. The molecule has 1 rings (SSSR count). The summed E-state index contributed by atoms with van der Waals surface area (Å²) in [6.45, 7) is 12.9. The molecule has 0 bridgehead atoms. The zero-order valence-electron chi connectivity index (χ0n) is 17.6. The topological polar surface area (TPSA) is 87.7 Å². The highest BCUT2D eigenvalue weighted by Crippen LogP contribution is 2.13. The van der Waals surface area contributed by atoms with Crippen molar-refractivity contribution in [3.05, 3.63) is 11.6 Å². The maximum absolute atomic E-state index is 12.3. The van der Waals surface area contributed by atoms with Gasteiger partial charge in [-0.2, -0.15) is 0 Å². The summed E-state index contributed by atoms with van der Waals surface area (Å²) < 4.78 is 5.14. The second-order valence-corrected chi connectivity index (χ2v) is 8.39. The number of nitrogens with one attached hydrogen (secondary N) is 2. The van der Waals surface area contributed by atoms with E-state index in [4.69, 9.17) is 4.74 Å². The number of likely N-dealkylation sites (tertiary alicyclic amines) is 1. The third-order valence-corrected chi connectivity index (χ3v) is 4.47. The lowest BCUT2D eigenvalue weighted by Crippen LogP contribution is -2.46. The first-order valence-corrected chi connectivity index (χ1v) is 9.71. The van der Waals surface area contributed by atoms with E-state index in [2.05, 4.69) is 24.5 Å². The van der Waals surface area contributed by atoms with Crippen molar-refractivity contribution >= 4 is 17.9 Å². The molecule has 0 atom stereocenters. The fourth-order valence-corrected chi connectivity index (χ4v) is 2.63. The van der Waals surface area contributed by atoms with Crippen LogP contribution in [-0.4, -0.2) is 54.1 Å². The van der Waals surface area contributed by atoms with Gasteiger partial charge in [-0.3, -0.25) is 9.59 Å². The Morgan fingerprint density at radius 3 is 2.30 bits per heavy atom. The molecule has 1 heterocycles. The molecule has 0 spiro atoms. The number of carbonyl (C=O) groups is 3. The first-order valence-electron chi connectivity index (χ1n) is 9.71. The summed E-state index contributed by atoms with van der Waals surface area (Å²) in [5.74, 6) is 0.295. The summed E-state index contributed by atoms with van der Waals surface area (Å²) in [7, 11) is 0. The van der Waals surface area contributed by atoms with Crippen molar-refractivity contribution in [3.63, 3.8) is 0 Å². The van der Waals surface area contributed by atoms with Crippen molar-refractivity contribution in [1.29, 1.82) is 0 Å². The van der Waals surface area contributed by atoms with E-state index in [9.17, 15) is 14.4 Å². The Labute approximate surface area is 162 Å². The van der Waals surface area contributed by atoms with Gasteiger partial charge in [-0.15, -0.1) is 0 Å². The van der Waals surface area contributed by atoms with Gasteiger partial charge in [0.15, 0.2) is 0 Å². The second kappa shape index (κ2) is 10.3. The number of amides is 3. The van der Waals surface area contributed by atoms with E-state index >= 15 is 0 Å². The molecule has 0 aromatic rings. The quantitative estimate of drug-likeness (QED) is 0.692. The van der Waals surface area contributed by atoms with Gasteiger partial charge in [0.25, 0.3) is 0 Å². The predicted octanol–water partition coefficient (Wildman–Crippen LogP) is 2.61. The molecule has 1 fully saturated rings. The van der Waals surface area contributed by atoms with Gasteiger partial charge >= 0.3 is 6.09 Å². The maximum atomic E-state index is 12.3. The summed E-state index contributed by atoms with van der Waals surface area (Å²) in [5.41, 5.74) is 0.501. The first kappa shape index (κ1) is 23.0. The van der Waals surface area contributed by atoms with Crippen LogP contribution in [0.4, 0.5) is 4.79 Å². The van der Waals surface area contributed by atoms with Gasteiger partial charge in [-0.05, 0) is 46.5 Å². The minimum atomic E-state index is -0.552. The molecule has 1 aliphatic rings.